The van der Waals surface area contributed by atoms with Crippen LogP contribution in [0.25, 0.3) is 11.1 Å². The van der Waals surface area contributed by atoms with Gasteiger partial charge >= 0.3 is 12.1 Å². The van der Waals surface area contributed by atoms with Crippen LogP contribution in [-0.4, -0.2) is 35.3 Å². The fraction of sp³-hybridized carbons (Fsp3) is 0.321. The molecule has 1 aliphatic rings. The highest BCUT2D eigenvalue weighted by Crippen LogP contribution is 2.44. The summed E-state index contributed by atoms with van der Waals surface area (Å²) in [5, 5.41) is 3.22. The van der Waals surface area contributed by atoms with E-state index in [0.29, 0.717) is 17.9 Å². The molecule has 1 aromatic heterocycles. The third-order valence-electron chi connectivity index (χ3n) is 5.81. The van der Waals surface area contributed by atoms with Crippen molar-refractivity contribution >= 4 is 23.7 Å². The Labute approximate surface area is 210 Å². The van der Waals surface area contributed by atoms with Crippen molar-refractivity contribution in [1.29, 1.82) is 0 Å². The second-order valence-corrected chi connectivity index (χ2v) is 10.0. The summed E-state index contributed by atoms with van der Waals surface area (Å²) in [4.78, 5) is 29.7. The minimum Gasteiger partial charge on any atom is -0.458 e. The number of alkyl carbamates (subject to hydrolysis) is 1. The van der Waals surface area contributed by atoms with Gasteiger partial charge in [0, 0.05) is 18.3 Å². The first-order valence-electron chi connectivity index (χ1n) is 11.6. The number of halogens is 1. The normalized spacial score (nSPS) is 13.5. The maximum absolute atomic E-state index is 12.8. The van der Waals surface area contributed by atoms with Crippen molar-refractivity contribution in [1.82, 2.24) is 10.3 Å². The highest BCUT2D eigenvalue weighted by molar-refractivity contribution is 6.30. The smallest absolute Gasteiger partial charge is 0.407 e. The lowest BCUT2D eigenvalue weighted by Crippen LogP contribution is -2.45. The number of nitrogens with zero attached hydrogens (tertiary/aromatic N) is 1. The molecule has 0 spiro atoms. The van der Waals surface area contributed by atoms with Crippen LogP contribution < -0.4 is 5.32 Å². The number of fused-ring (bicyclic) bond motifs is 3. The molecule has 1 unspecified atom stereocenters. The molecule has 182 valence electrons. The molecule has 1 atom stereocenters. The van der Waals surface area contributed by atoms with Gasteiger partial charge in [0.1, 0.15) is 18.2 Å². The summed E-state index contributed by atoms with van der Waals surface area (Å²) in [6, 6.07) is 17.2. The van der Waals surface area contributed by atoms with Crippen molar-refractivity contribution in [3.05, 3.63) is 88.7 Å². The van der Waals surface area contributed by atoms with Crippen molar-refractivity contribution in [3.8, 4) is 11.1 Å². The summed E-state index contributed by atoms with van der Waals surface area (Å²) in [5.41, 5.74) is 4.73. The van der Waals surface area contributed by atoms with Crippen LogP contribution in [0.2, 0.25) is 5.02 Å². The maximum atomic E-state index is 12.8. The first-order valence-corrected chi connectivity index (χ1v) is 12.0. The Balaban J connectivity index is 1.43. The summed E-state index contributed by atoms with van der Waals surface area (Å²) < 4.78 is 11.2. The Bertz CT molecular complexity index is 1180. The second-order valence-electron chi connectivity index (χ2n) is 9.61. The standard InChI is InChI=1S/C28H29ClN2O4/c1-28(2,3)35-26(32)25(13-12-18-14-19(29)16-30-15-18)31-27(33)34-17-24-22-10-6-4-8-20(22)21-9-5-7-11-23(21)24/h4-11,14-16,24-25H,12-13,17H2,1-3H3,(H,31,33). The Kier molecular flexibility index (Phi) is 7.41. The number of amides is 1. The summed E-state index contributed by atoms with van der Waals surface area (Å²) in [5.74, 6) is -0.577. The maximum Gasteiger partial charge on any atom is 0.407 e. The number of esters is 1. The highest BCUT2D eigenvalue weighted by atomic mass is 35.5. The predicted molar refractivity (Wildman–Crippen MR) is 135 cm³/mol. The zero-order valence-corrected chi connectivity index (χ0v) is 20.8. The molecule has 0 aliphatic heterocycles. The Morgan fingerprint density at radius 1 is 1.03 bits per heavy atom. The molecule has 1 aliphatic carbocycles. The lowest BCUT2D eigenvalue weighted by atomic mass is 9.98. The Hall–Kier alpha value is -3.38. The van der Waals surface area contributed by atoms with Crippen LogP contribution in [0.15, 0.2) is 67.0 Å². The average Bonchev–Trinajstić information content (AvgIpc) is 3.13. The van der Waals surface area contributed by atoms with Crippen LogP contribution in [0.4, 0.5) is 4.79 Å². The number of nitrogens with one attached hydrogen (secondary N) is 1. The molecule has 1 amide bonds. The highest BCUT2D eigenvalue weighted by Gasteiger charge is 2.31. The number of aryl methyl sites for hydroxylation is 1. The summed E-state index contributed by atoms with van der Waals surface area (Å²) in [6.07, 6.45) is 3.38. The van der Waals surface area contributed by atoms with Crippen LogP contribution in [0.3, 0.4) is 0 Å². The number of benzene rings is 2. The zero-order valence-electron chi connectivity index (χ0n) is 20.1. The number of pyridine rings is 1. The van der Waals surface area contributed by atoms with Gasteiger partial charge in [-0.3, -0.25) is 4.98 Å². The quantitative estimate of drug-likeness (QED) is 0.414. The first-order chi connectivity index (χ1) is 16.7. The van der Waals surface area contributed by atoms with Crippen LogP contribution in [0.1, 0.15) is 49.8 Å². The third-order valence-corrected chi connectivity index (χ3v) is 6.02. The van der Waals surface area contributed by atoms with Gasteiger partial charge in [0.05, 0.1) is 5.02 Å². The van der Waals surface area contributed by atoms with E-state index in [2.05, 4.69) is 34.6 Å². The number of carbonyl (C=O) groups excluding carboxylic acids is 2. The van der Waals surface area contributed by atoms with E-state index < -0.39 is 23.7 Å². The molecule has 0 saturated carbocycles. The van der Waals surface area contributed by atoms with Gasteiger partial charge in [-0.2, -0.15) is 0 Å². The van der Waals surface area contributed by atoms with E-state index in [-0.39, 0.29) is 12.5 Å². The fourth-order valence-electron chi connectivity index (χ4n) is 4.31. The SMILES string of the molecule is CC(C)(C)OC(=O)C(CCc1cncc(Cl)c1)NC(=O)OCC1c2ccccc2-c2ccccc21. The molecule has 0 fully saturated rings. The number of hydrogen-bond acceptors (Lipinski definition) is 5. The van der Waals surface area contributed by atoms with Crippen LogP contribution in [0, 0.1) is 0 Å². The monoisotopic (exact) mass is 492 g/mol. The topological polar surface area (TPSA) is 77.5 Å². The molecule has 4 rings (SSSR count). The number of carbonyl (C=O) groups is 2. The zero-order chi connectivity index (χ0) is 25.0. The number of rotatable bonds is 7. The van der Waals surface area contributed by atoms with Crippen molar-refractivity contribution in [3.63, 3.8) is 0 Å². The van der Waals surface area contributed by atoms with Gasteiger partial charge in [0.25, 0.3) is 0 Å². The fourth-order valence-corrected chi connectivity index (χ4v) is 4.50. The van der Waals surface area contributed by atoms with Crippen LogP contribution in [-0.2, 0) is 20.7 Å². The molecule has 0 bridgehead atoms. The van der Waals surface area contributed by atoms with Crippen molar-refractivity contribution in [2.24, 2.45) is 0 Å². The van der Waals surface area contributed by atoms with E-state index in [1.807, 2.05) is 24.3 Å². The van der Waals surface area contributed by atoms with Gasteiger partial charge in [-0.05, 0) is 67.5 Å². The molecular formula is C28H29ClN2O4. The van der Waals surface area contributed by atoms with Gasteiger partial charge in [-0.15, -0.1) is 0 Å². The molecule has 6 nitrogen and oxygen atoms in total. The van der Waals surface area contributed by atoms with E-state index in [1.54, 1.807) is 39.2 Å². The number of aromatic nitrogens is 1. The predicted octanol–water partition coefficient (Wildman–Crippen LogP) is 5.92. The molecule has 35 heavy (non-hydrogen) atoms. The molecule has 7 heteroatoms. The van der Waals surface area contributed by atoms with E-state index >= 15 is 0 Å². The lowest BCUT2D eigenvalue weighted by molar-refractivity contribution is -0.157. The van der Waals surface area contributed by atoms with Gasteiger partial charge < -0.3 is 14.8 Å². The molecule has 2 aromatic carbocycles. The lowest BCUT2D eigenvalue weighted by Gasteiger charge is -2.24. The van der Waals surface area contributed by atoms with E-state index in [1.165, 1.54) is 0 Å². The van der Waals surface area contributed by atoms with Gasteiger partial charge in [0.15, 0.2) is 0 Å². The molecule has 1 N–H and O–H groups in total. The molecular weight excluding hydrogens is 464 g/mol. The van der Waals surface area contributed by atoms with E-state index in [0.717, 1.165) is 27.8 Å². The minimum absolute atomic E-state index is 0.0642. The van der Waals surface area contributed by atoms with Crippen LogP contribution >= 0.6 is 11.6 Å². The van der Waals surface area contributed by atoms with Gasteiger partial charge in [-0.25, -0.2) is 9.59 Å². The van der Waals surface area contributed by atoms with E-state index in [9.17, 15) is 9.59 Å². The largest absolute Gasteiger partial charge is 0.458 e. The molecule has 3 aromatic rings. The number of hydrogen-bond donors (Lipinski definition) is 1. The van der Waals surface area contributed by atoms with Crippen molar-refractivity contribution in [2.45, 2.75) is 51.2 Å². The van der Waals surface area contributed by atoms with Crippen LogP contribution in [0.5, 0.6) is 0 Å². The summed E-state index contributed by atoms with van der Waals surface area (Å²) in [6.45, 7) is 5.53. The summed E-state index contributed by atoms with van der Waals surface area (Å²) in [7, 11) is 0. The Morgan fingerprint density at radius 2 is 1.66 bits per heavy atom. The molecule has 0 radical (unpaired) electrons. The summed E-state index contributed by atoms with van der Waals surface area (Å²) >= 11 is 6.03. The number of ether oxygens (including phenoxy) is 2. The van der Waals surface area contributed by atoms with Crippen molar-refractivity contribution < 1.29 is 19.1 Å². The molecule has 1 heterocycles. The Morgan fingerprint density at radius 3 is 2.26 bits per heavy atom. The van der Waals surface area contributed by atoms with Gasteiger partial charge in [0.2, 0.25) is 0 Å². The average molecular weight is 493 g/mol. The first kappa shape index (κ1) is 24.7. The minimum atomic E-state index is -0.871. The molecule has 0 saturated heterocycles. The second kappa shape index (κ2) is 10.5. The van der Waals surface area contributed by atoms with Gasteiger partial charge in [-0.1, -0.05) is 60.1 Å². The third kappa shape index (κ3) is 6.20. The van der Waals surface area contributed by atoms with Crippen molar-refractivity contribution in [2.75, 3.05) is 6.61 Å². The van der Waals surface area contributed by atoms with E-state index in [4.69, 9.17) is 21.1 Å².